The van der Waals surface area contributed by atoms with Crippen LogP contribution in [0, 0.1) is 0 Å². The molecule has 4 heteroatoms. The number of nitrogens with zero attached hydrogens (tertiary/aromatic N) is 1. The number of hydrogen-bond acceptors (Lipinski definition) is 3. The van der Waals surface area contributed by atoms with Gasteiger partial charge in [0.05, 0.1) is 5.54 Å². The molecule has 2 rings (SSSR count). The minimum atomic E-state index is -0.476. The van der Waals surface area contributed by atoms with Gasteiger partial charge in [0.2, 0.25) is 5.91 Å². The number of likely N-dealkylation sites (tertiary alicyclic amines) is 1. The van der Waals surface area contributed by atoms with E-state index in [9.17, 15) is 4.79 Å². The summed E-state index contributed by atoms with van der Waals surface area (Å²) in [6, 6.07) is 1.47. The van der Waals surface area contributed by atoms with E-state index >= 15 is 0 Å². The van der Waals surface area contributed by atoms with Gasteiger partial charge >= 0.3 is 0 Å². The van der Waals surface area contributed by atoms with Crippen molar-refractivity contribution in [1.82, 2.24) is 10.2 Å². The first kappa shape index (κ1) is 14.8. The smallest absolute Gasteiger partial charge is 0.237 e. The molecule has 2 aliphatic rings. The molecule has 0 aromatic carbocycles. The molecule has 110 valence electrons. The highest BCUT2D eigenvalue weighted by Crippen LogP contribution is 2.36. The molecule has 1 aliphatic carbocycles. The van der Waals surface area contributed by atoms with Crippen LogP contribution in [-0.4, -0.2) is 41.0 Å². The molecule has 1 amide bonds. The van der Waals surface area contributed by atoms with Gasteiger partial charge in [0.15, 0.2) is 0 Å². The number of amides is 1. The zero-order chi connectivity index (χ0) is 14.0. The lowest BCUT2D eigenvalue weighted by Gasteiger charge is -2.39. The van der Waals surface area contributed by atoms with Crippen LogP contribution in [0.5, 0.6) is 0 Å². The van der Waals surface area contributed by atoms with Crippen molar-refractivity contribution in [2.75, 3.05) is 6.54 Å². The average Bonchev–Trinajstić information content (AvgIpc) is 2.74. The predicted molar refractivity (Wildman–Crippen MR) is 77.9 cm³/mol. The van der Waals surface area contributed by atoms with Crippen molar-refractivity contribution in [1.29, 1.82) is 0 Å². The first-order valence-corrected chi connectivity index (χ1v) is 7.78. The maximum Gasteiger partial charge on any atom is 0.237 e. The fourth-order valence-corrected chi connectivity index (χ4v) is 3.94. The summed E-state index contributed by atoms with van der Waals surface area (Å²) in [5.41, 5.74) is 5.21. The molecule has 0 aromatic heterocycles. The highest BCUT2D eigenvalue weighted by Gasteiger charge is 2.46. The van der Waals surface area contributed by atoms with Crippen molar-refractivity contribution in [3.8, 4) is 0 Å². The summed E-state index contributed by atoms with van der Waals surface area (Å²) in [5.74, 6) is -0.173. The number of nitrogens with one attached hydrogen (secondary N) is 1. The first-order chi connectivity index (χ1) is 8.94. The number of rotatable bonds is 4. The van der Waals surface area contributed by atoms with Crippen molar-refractivity contribution in [2.45, 2.75) is 83.0 Å². The Morgan fingerprint density at radius 3 is 2.68 bits per heavy atom. The molecule has 1 heterocycles. The maximum absolute atomic E-state index is 11.9. The number of hydrogen-bond donors (Lipinski definition) is 2. The number of primary amides is 1. The molecule has 3 atom stereocenters. The second kappa shape index (κ2) is 5.80. The second-order valence-corrected chi connectivity index (χ2v) is 6.72. The summed E-state index contributed by atoms with van der Waals surface area (Å²) in [6.45, 7) is 7.67. The number of piperidine rings is 1. The summed E-state index contributed by atoms with van der Waals surface area (Å²) in [7, 11) is 0. The molecular weight excluding hydrogens is 238 g/mol. The van der Waals surface area contributed by atoms with Crippen LogP contribution in [0.25, 0.3) is 0 Å². The third kappa shape index (κ3) is 3.11. The molecule has 1 saturated carbocycles. The molecule has 0 bridgehead atoms. The molecule has 0 aromatic rings. The van der Waals surface area contributed by atoms with Crippen LogP contribution in [0.15, 0.2) is 0 Å². The molecular formula is C15H29N3O. The minimum absolute atomic E-state index is 0.173. The van der Waals surface area contributed by atoms with E-state index < -0.39 is 5.54 Å². The lowest BCUT2D eigenvalue weighted by Crippen LogP contribution is -2.57. The van der Waals surface area contributed by atoms with Gasteiger partial charge in [0.25, 0.3) is 0 Å². The van der Waals surface area contributed by atoms with E-state index in [4.69, 9.17) is 5.73 Å². The van der Waals surface area contributed by atoms with Crippen molar-refractivity contribution in [2.24, 2.45) is 5.73 Å². The fraction of sp³-hybridized carbons (Fsp3) is 0.933. The monoisotopic (exact) mass is 267 g/mol. The van der Waals surface area contributed by atoms with Crippen LogP contribution in [0.2, 0.25) is 0 Å². The molecule has 1 aliphatic heterocycles. The topological polar surface area (TPSA) is 58.4 Å². The summed E-state index contributed by atoms with van der Waals surface area (Å²) < 4.78 is 0. The van der Waals surface area contributed by atoms with Crippen LogP contribution in [0.4, 0.5) is 0 Å². The van der Waals surface area contributed by atoms with Gasteiger partial charge < -0.3 is 11.1 Å². The molecule has 1 saturated heterocycles. The molecule has 19 heavy (non-hydrogen) atoms. The maximum atomic E-state index is 11.9. The standard InChI is InChI=1S/C15H29N3O/c1-11(2)17-15(14(16)19)8-7-13(10-15)18-9-5-4-6-12(18)3/h11-13,17H,4-10H2,1-3H3,(H2,16,19). The van der Waals surface area contributed by atoms with Crippen LogP contribution < -0.4 is 11.1 Å². The number of nitrogens with two attached hydrogens (primary N) is 1. The third-order valence-corrected chi connectivity index (χ3v) is 4.85. The average molecular weight is 267 g/mol. The van der Waals surface area contributed by atoms with Gasteiger partial charge in [-0.25, -0.2) is 0 Å². The van der Waals surface area contributed by atoms with Crippen molar-refractivity contribution in [3.05, 3.63) is 0 Å². The van der Waals surface area contributed by atoms with E-state index in [-0.39, 0.29) is 5.91 Å². The van der Waals surface area contributed by atoms with E-state index in [1.807, 2.05) is 0 Å². The molecule has 4 nitrogen and oxygen atoms in total. The third-order valence-electron chi connectivity index (χ3n) is 4.85. The van der Waals surface area contributed by atoms with E-state index in [2.05, 4.69) is 31.0 Å². The Morgan fingerprint density at radius 2 is 2.11 bits per heavy atom. The second-order valence-electron chi connectivity index (χ2n) is 6.72. The summed E-state index contributed by atoms with van der Waals surface area (Å²) >= 11 is 0. The van der Waals surface area contributed by atoms with Gasteiger partial charge in [-0.2, -0.15) is 0 Å². The van der Waals surface area contributed by atoms with Crippen molar-refractivity contribution < 1.29 is 4.79 Å². The van der Waals surface area contributed by atoms with E-state index in [0.29, 0.717) is 18.1 Å². The van der Waals surface area contributed by atoms with Gasteiger partial charge in [-0.3, -0.25) is 9.69 Å². The Labute approximate surface area is 117 Å². The van der Waals surface area contributed by atoms with Gasteiger partial charge in [0.1, 0.15) is 0 Å². The Morgan fingerprint density at radius 1 is 1.37 bits per heavy atom. The molecule has 0 spiro atoms. The molecule has 0 radical (unpaired) electrons. The number of carbonyl (C=O) groups excluding carboxylic acids is 1. The largest absolute Gasteiger partial charge is 0.368 e. The highest BCUT2D eigenvalue weighted by atomic mass is 16.1. The molecule has 3 unspecified atom stereocenters. The van der Waals surface area contributed by atoms with Gasteiger partial charge in [0, 0.05) is 18.1 Å². The minimum Gasteiger partial charge on any atom is -0.368 e. The van der Waals surface area contributed by atoms with Gasteiger partial charge in [-0.05, 0) is 59.4 Å². The van der Waals surface area contributed by atoms with E-state index in [0.717, 1.165) is 19.3 Å². The van der Waals surface area contributed by atoms with Crippen molar-refractivity contribution in [3.63, 3.8) is 0 Å². The van der Waals surface area contributed by atoms with Crippen LogP contribution in [0.1, 0.15) is 59.3 Å². The predicted octanol–water partition coefficient (Wildman–Crippen LogP) is 1.64. The quantitative estimate of drug-likeness (QED) is 0.814. The Balaban J connectivity index is 2.05. The molecule has 2 fully saturated rings. The summed E-state index contributed by atoms with van der Waals surface area (Å²) in [6.07, 6.45) is 6.78. The zero-order valence-electron chi connectivity index (χ0n) is 12.6. The lowest BCUT2D eigenvalue weighted by molar-refractivity contribution is -0.124. The Kier molecular flexibility index (Phi) is 4.51. The van der Waals surface area contributed by atoms with Crippen LogP contribution >= 0.6 is 0 Å². The Hall–Kier alpha value is -0.610. The summed E-state index contributed by atoms with van der Waals surface area (Å²) in [4.78, 5) is 14.5. The first-order valence-electron chi connectivity index (χ1n) is 7.78. The van der Waals surface area contributed by atoms with Gasteiger partial charge in [-0.1, -0.05) is 6.42 Å². The lowest BCUT2D eigenvalue weighted by atomic mass is 9.94. The fourth-order valence-electron chi connectivity index (χ4n) is 3.94. The SMILES string of the molecule is CC(C)NC1(C(N)=O)CCC(N2CCCCC2C)C1. The zero-order valence-corrected chi connectivity index (χ0v) is 12.6. The van der Waals surface area contributed by atoms with Crippen LogP contribution in [0.3, 0.4) is 0 Å². The van der Waals surface area contributed by atoms with Gasteiger partial charge in [-0.15, -0.1) is 0 Å². The van der Waals surface area contributed by atoms with E-state index in [1.54, 1.807) is 0 Å². The number of carbonyl (C=O) groups is 1. The molecule has 3 N–H and O–H groups in total. The van der Waals surface area contributed by atoms with E-state index in [1.165, 1.54) is 25.8 Å². The normalized spacial score (nSPS) is 36.8. The van der Waals surface area contributed by atoms with Crippen molar-refractivity contribution >= 4 is 5.91 Å². The Bertz CT molecular complexity index is 331. The summed E-state index contributed by atoms with van der Waals surface area (Å²) in [5, 5.41) is 3.44. The van der Waals surface area contributed by atoms with Crippen LogP contribution in [-0.2, 0) is 4.79 Å². The highest BCUT2D eigenvalue weighted by molar-refractivity contribution is 5.85.